The molecule has 0 aliphatic carbocycles. The number of hydrogen-bond donors (Lipinski definition) is 1. The Morgan fingerprint density at radius 1 is 1.30 bits per heavy atom. The maximum atomic E-state index is 12.7. The molecule has 1 atom stereocenters. The standard InChI is InChI=1S/C22H31N3O2/c1-5-25-19(15-17(2)24-25)20(26)23-13-11-22(18-9-7-6-8-10-18)12-14-27-21(3,4)16-22/h6-10,15H,5,11-14,16H2,1-4H3,(H,23,26)/t22-/m1/s1. The third-order valence-electron chi connectivity index (χ3n) is 5.55. The number of benzene rings is 1. The highest BCUT2D eigenvalue weighted by Crippen LogP contribution is 2.43. The smallest absolute Gasteiger partial charge is 0.269 e. The van der Waals surface area contributed by atoms with E-state index in [0.717, 1.165) is 31.6 Å². The monoisotopic (exact) mass is 369 g/mol. The van der Waals surface area contributed by atoms with E-state index >= 15 is 0 Å². The molecular formula is C22H31N3O2. The first-order valence-electron chi connectivity index (χ1n) is 9.87. The van der Waals surface area contributed by atoms with Gasteiger partial charge in [0, 0.05) is 25.1 Å². The van der Waals surface area contributed by atoms with Gasteiger partial charge in [-0.25, -0.2) is 0 Å². The summed E-state index contributed by atoms with van der Waals surface area (Å²) in [4.78, 5) is 12.7. The first-order valence-corrected chi connectivity index (χ1v) is 9.87. The molecule has 0 unspecified atom stereocenters. The number of amides is 1. The second kappa shape index (κ2) is 7.85. The largest absolute Gasteiger partial charge is 0.376 e. The molecule has 1 fully saturated rings. The average molecular weight is 370 g/mol. The Labute approximate surface area is 162 Å². The van der Waals surface area contributed by atoms with Crippen LogP contribution in [0.1, 0.15) is 61.8 Å². The highest BCUT2D eigenvalue weighted by molar-refractivity contribution is 5.92. The number of rotatable bonds is 6. The van der Waals surface area contributed by atoms with Crippen molar-refractivity contribution in [2.45, 2.75) is 64.5 Å². The number of carbonyl (C=O) groups is 1. The third kappa shape index (κ3) is 4.41. The number of carbonyl (C=O) groups excluding carboxylic acids is 1. The summed E-state index contributed by atoms with van der Waals surface area (Å²) in [5.74, 6) is -0.0491. The molecule has 5 nitrogen and oxygen atoms in total. The Kier molecular flexibility index (Phi) is 5.70. The van der Waals surface area contributed by atoms with Gasteiger partial charge in [0.2, 0.25) is 0 Å². The van der Waals surface area contributed by atoms with Crippen LogP contribution in [0.15, 0.2) is 36.4 Å². The number of nitrogens with one attached hydrogen (secondary N) is 1. The average Bonchev–Trinajstić information content (AvgIpc) is 3.02. The van der Waals surface area contributed by atoms with E-state index in [2.05, 4.69) is 54.6 Å². The Bertz CT molecular complexity index is 782. The minimum atomic E-state index is -0.157. The van der Waals surface area contributed by atoms with Crippen LogP contribution < -0.4 is 5.32 Å². The lowest BCUT2D eigenvalue weighted by molar-refractivity contribution is -0.0838. The summed E-state index contributed by atoms with van der Waals surface area (Å²) in [5, 5.41) is 7.48. The molecule has 0 radical (unpaired) electrons. The summed E-state index contributed by atoms with van der Waals surface area (Å²) in [6, 6.07) is 12.5. The van der Waals surface area contributed by atoms with Gasteiger partial charge >= 0.3 is 0 Å². The van der Waals surface area contributed by atoms with Crippen molar-refractivity contribution in [3.8, 4) is 0 Å². The molecule has 2 aromatic rings. The molecule has 1 aromatic heterocycles. The molecule has 1 N–H and O–H groups in total. The zero-order chi connectivity index (χ0) is 19.5. The summed E-state index contributed by atoms with van der Waals surface area (Å²) < 4.78 is 7.73. The molecule has 0 saturated carbocycles. The molecule has 0 spiro atoms. The Hall–Kier alpha value is -2.14. The fourth-order valence-electron chi connectivity index (χ4n) is 4.35. The van der Waals surface area contributed by atoms with Gasteiger partial charge in [-0.15, -0.1) is 0 Å². The van der Waals surface area contributed by atoms with Crippen LogP contribution >= 0.6 is 0 Å². The highest BCUT2D eigenvalue weighted by Gasteiger charge is 2.41. The SMILES string of the molecule is CCn1nc(C)cc1C(=O)NCC[C@@]1(c2ccccc2)CCOC(C)(C)C1. The fourth-order valence-corrected chi connectivity index (χ4v) is 4.35. The van der Waals surface area contributed by atoms with Crippen molar-refractivity contribution >= 4 is 5.91 Å². The maximum absolute atomic E-state index is 12.7. The second-order valence-electron chi connectivity index (χ2n) is 8.17. The van der Waals surface area contributed by atoms with Gasteiger partial charge in [0.15, 0.2) is 0 Å². The fraction of sp³-hybridized carbons (Fsp3) is 0.545. The molecule has 1 amide bonds. The highest BCUT2D eigenvalue weighted by atomic mass is 16.5. The molecule has 146 valence electrons. The molecular weight excluding hydrogens is 338 g/mol. The van der Waals surface area contributed by atoms with Crippen molar-refractivity contribution in [3.05, 3.63) is 53.3 Å². The normalized spacial score (nSPS) is 21.8. The van der Waals surface area contributed by atoms with Crippen molar-refractivity contribution in [2.75, 3.05) is 13.2 Å². The minimum absolute atomic E-state index is 0.0250. The Morgan fingerprint density at radius 3 is 2.70 bits per heavy atom. The number of aryl methyl sites for hydroxylation is 2. The zero-order valence-corrected chi connectivity index (χ0v) is 16.9. The predicted octanol–water partition coefficient (Wildman–Crippen LogP) is 3.86. The number of ether oxygens (including phenoxy) is 1. The summed E-state index contributed by atoms with van der Waals surface area (Å²) in [6.07, 6.45) is 2.82. The molecule has 5 heteroatoms. The summed E-state index contributed by atoms with van der Waals surface area (Å²) in [5.41, 5.74) is 2.71. The lowest BCUT2D eigenvalue weighted by atomic mass is 9.67. The van der Waals surface area contributed by atoms with Crippen molar-refractivity contribution in [1.82, 2.24) is 15.1 Å². The van der Waals surface area contributed by atoms with Crippen LogP contribution in [0.5, 0.6) is 0 Å². The third-order valence-corrected chi connectivity index (χ3v) is 5.55. The molecule has 2 heterocycles. The number of hydrogen-bond acceptors (Lipinski definition) is 3. The van der Waals surface area contributed by atoms with Crippen LogP contribution in [-0.2, 0) is 16.7 Å². The van der Waals surface area contributed by atoms with Crippen LogP contribution in [0.3, 0.4) is 0 Å². The van der Waals surface area contributed by atoms with E-state index in [0.29, 0.717) is 18.8 Å². The van der Waals surface area contributed by atoms with E-state index in [9.17, 15) is 4.79 Å². The second-order valence-corrected chi connectivity index (χ2v) is 8.17. The summed E-state index contributed by atoms with van der Waals surface area (Å²) in [7, 11) is 0. The van der Waals surface area contributed by atoms with E-state index in [-0.39, 0.29) is 16.9 Å². The predicted molar refractivity (Wildman–Crippen MR) is 107 cm³/mol. The van der Waals surface area contributed by atoms with Crippen molar-refractivity contribution in [1.29, 1.82) is 0 Å². The first-order chi connectivity index (χ1) is 12.9. The molecule has 27 heavy (non-hydrogen) atoms. The zero-order valence-electron chi connectivity index (χ0n) is 16.9. The summed E-state index contributed by atoms with van der Waals surface area (Å²) in [6.45, 7) is 10.3. The topological polar surface area (TPSA) is 56.2 Å². The maximum Gasteiger partial charge on any atom is 0.269 e. The van der Waals surface area contributed by atoms with Gasteiger partial charge in [-0.1, -0.05) is 30.3 Å². The van der Waals surface area contributed by atoms with Gasteiger partial charge in [-0.05, 0) is 58.6 Å². The molecule has 1 aromatic carbocycles. The van der Waals surface area contributed by atoms with Crippen molar-refractivity contribution < 1.29 is 9.53 Å². The van der Waals surface area contributed by atoms with E-state index in [1.807, 2.05) is 19.9 Å². The molecule has 1 aliphatic rings. The first kappa shape index (κ1) is 19.6. The van der Waals surface area contributed by atoms with Crippen LogP contribution in [0.2, 0.25) is 0 Å². The Morgan fingerprint density at radius 2 is 2.04 bits per heavy atom. The molecule has 3 rings (SSSR count). The van der Waals surface area contributed by atoms with E-state index in [4.69, 9.17) is 4.74 Å². The van der Waals surface area contributed by atoms with Crippen LogP contribution in [0.4, 0.5) is 0 Å². The van der Waals surface area contributed by atoms with Crippen molar-refractivity contribution in [3.63, 3.8) is 0 Å². The summed E-state index contributed by atoms with van der Waals surface area (Å²) >= 11 is 0. The Balaban J connectivity index is 1.73. The van der Waals surface area contributed by atoms with Crippen LogP contribution in [0, 0.1) is 6.92 Å². The van der Waals surface area contributed by atoms with Gasteiger partial charge in [0.25, 0.3) is 5.91 Å². The van der Waals surface area contributed by atoms with Crippen LogP contribution in [0.25, 0.3) is 0 Å². The molecule has 0 bridgehead atoms. The quantitative estimate of drug-likeness (QED) is 0.841. The van der Waals surface area contributed by atoms with Gasteiger partial charge in [0.05, 0.1) is 11.3 Å². The lowest BCUT2D eigenvalue weighted by Gasteiger charge is -2.45. The van der Waals surface area contributed by atoms with Crippen molar-refractivity contribution in [2.24, 2.45) is 0 Å². The van der Waals surface area contributed by atoms with Gasteiger partial charge < -0.3 is 10.1 Å². The number of nitrogens with zero attached hydrogens (tertiary/aromatic N) is 2. The van der Waals surface area contributed by atoms with E-state index in [1.165, 1.54) is 5.56 Å². The number of aromatic nitrogens is 2. The van der Waals surface area contributed by atoms with Gasteiger partial charge in [-0.3, -0.25) is 9.48 Å². The molecule has 1 saturated heterocycles. The molecule has 1 aliphatic heterocycles. The van der Waals surface area contributed by atoms with Gasteiger partial charge in [-0.2, -0.15) is 5.10 Å². The van der Waals surface area contributed by atoms with E-state index < -0.39 is 0 Å². The van der Waals surface area contributed by atoms with Gasteiger partial charge in [0.1, 0.15) is 5.69 Å². The lowest BCUT2D eigenvalue weighted by Crippen LogP contribution is -2.45. The van der Waals surface area contributed by atoms with E-state index in [1.54, 1.807) is 4.68 Å². The van der Waals surface area contributed by atoms with Crippen LogP contribution in [-0.4, -0.2) is 34.4 Å². The minimum Gasteiger partial charge on any atom is -0.376 e.